The van der Waals surface area contributed by atoms with E-state index in [0.717, 1.165) is 36.7 Å². The number of carbonyl (C=O) groups is 1. The van der Waals surface area contributed by atoms with Crippen LogP contribution in [0.3, 0.4) is 0 Å². The van der Waals surface area contributed by atoms with Gasteiger partial charge in [-0.1, -0.05) is 44.2 Å². The number of benzene rings is 2. The molecule has 0 aromatic heterocycles. The number of piperidine rings is 1. The van der Waals surface area contributed by atoms with Crippen molar-refractivity contribution in [3.8, 4) is 0 Å². The molecule has 0 radical (unpaired) electrons. The van der Waals surface area contributed by atoms with Crippen molar-refractivity contribution in [2.24, 2.45) is 5.92 Å². The number of carbonyl (C=O) groups excluding carboxylic acids is 1. The summed E-state index contributed by atoms with van der Waals surface area (Å²) >= 11 is 0. The van der Waals surface area contributed by atoms with Gasteiger partial charge in [0.1, 0.15) is 0 Å². The maximum Gasteiger partial charge on any atom is 0.243 e. The van der Waals surface area contributed by atoms with Gasteiger partial charge in [-0.05, 0) is 48.6 Å². The maximum atomic E-state index is 13.1. The number of sulfonamides is 1. The Morgan fingerprint density at radius 2 is 1.61 bits per heavy atom. The average Bonchev–Trinajstić information content (AvgIpc) is 2.73. The fourth-order valence-corrected chi connectivity index (χ4v) is 5.46. The van der Waals surface area contributed by atoms with Gasteiger partial charge in [0, 0.05) is 32.1 Å². The van der Waals surface area contributed by atoms with Crippen LogP contribution in [0, 0.1) is 5.92 Å². The summed E-state index contributed by atoms with van der Waals surface area (Å²) in [4.78, 5) is 15.1. The highest BCUT2D eigenvalue weighted by molar-refractivity contribution is 7.89. The number of hydrogen-bond acceptors (Lipinski definition) is 3. The lowest BCUT2D eigenvalue weighted by Crippen LogP contribution is -2.44. The Kier molecular flexibility index (Phi) is 6.73. The topological polar surface area (TPSA) is 57.7 Å². The molecule has 1 heterocycles. The zero-order valence-electron chi connectivity index (χ0n) is 16.8. The van der Waals surface area contributed by atoms with Gasteiger partial charge in [0.05, 0.1) is 4.90 Å². The van der Waals surface area contributed by atoms with E-state index in [1.807, 2.05) is 35.2 Å². The SMILES string of the molecule is CCCN(CCC)C(=O)C1CCN(S(=O)(=O)c2ccc3ccccc3c2)CC1. The largest absolute Gasteiger partial charge is 0.342 e. The molecule has 1 fully saturated rings. The van der Waals surface area contributed by atoms with Gasteiger partial charge in [-0.2, -0.15) is 4.31 Å². The summed E-state index contributed by atoms with van der Waals surface area (Å²) in [6.07, 6.45) is 3.08. The summed E-state index contributed by atoms with van der Waals surface area (Å²) in [6.45, 7) is 6.52. The maximum absolute atomic E-state index is 13.1. The van der Waals surface area contributed by atoms with Crippen LogP contribution in [0.25, 0.3) is 10.8 Å². The molecule has 5 nitrogen and oxygen atoms in total. The van der Waals surface area contributed by atoms with Gasteiger partial charge < -0.3 is 4.90 Å². The van der Waals surface area contributed by atoms with Gasteiger partial charge in [0.2, 0.25) is 15.9 Å². The summed E-state index contributed by atoms with van der Waals surface area (Å²) in [5.41, 5.74) is 0. The van der Waals surface area contributed by atoms with Crippen molar-refractivity contribution >= 4 is 26.7 Å². The zero-order valence-corrected chi connectivity index (χ0v) is 17.6. The minimum absolute atomic E-state index is 0.0684. The van der Waals surface area contributed by atoms with Crippen LogP contribution in [-0.2, 0) is 14.8 Å². The Balaban J connectivity index is 1.69. The van der Waals surface area contributed by atoms with Gasteiger partial charge >= 0.3 is 0 Å². The fourth-order valence-electron chi connectivity index (χ4n) is 3.95. The van der Waals surface area contributed by atoms with E-state index < -0.39 is 10.0 Å². The van der Waals surface area contributed by atoms with E-state index in [0.29, 0.717) is 30.8 Å². The molecular weight excluding hydrogens is 372 g/mol. The van der Waals surface area contributed by atoms with Gasteiger partial charge in [-0.25, -0.2) is 8.42 Å². The van der Waals surface area contributed by atoms with E-state index in [1.54, 1.807) is 12.1 Å². The number of hydrogen-bond donors (Lipinski definition) is 0. The van der Waals surface area contributed by atoms with Gasteiger partial charge in [-0.15, -0.1) is 0 Å². The van der Waals surface area contributed by atoms with Crippen molar-refractivity contribution in [1.82, 2.24) is 9.21 Å². The van der Waals surface area contributed by atoms with Crippen LogP contribution < -0.4 is 0 Å². The van der Waals surface area contributed by atoms with Crippen LogP contribution in [0.1, 0.15) is 39.5 Å². The Bertz CT molecular complexity index is 912. The Morgan fingerprint density at radius 3 is 2.21 bits per heavy atom. The first kappa shape index (κ1) is 20.8. The molecule has 0 aliphatic carbocycles. The molecule has 6 heteroatoms. The molecule has 0 bridgehead atoms. The van der Waals surface area contributed by atoms with Crippen LogP contribution in [0.2, 0.25) is 0 Å². The van der Waals surface area contributed by atoms with Crippen molar-refractivity contribution in [3.05, 3.63) is 42.5 Å². The third-order valence-corrected chi connectivity index (χ3v) is 7.36. The lowest BCUT2D eigenvalue weighted by molar-refractivity contribution is -0.136. The molecule has 0 saturated carbocycles. The number of fused-ring (bicyclic) bond motifs is 1. The molecule has 0 N–H and O–H groups in total. The summed E-state index contributed by atoms with van der Waals surface area (Å²) in [7, 11) is -3.53. The lowest BCUT2D eigenvalue weighted by Gasteiger charge is -2.33. The highest BCUT2D eigenvalue weighted by Crippen LogP contribution is 2.27. The summed E-state index contributed by atoms with van der Waals surface area (Å²) in [5, 5.41) is 1.95. The molecular formula is C22H30N2O3S. The second-order valence-corrected chi connectivity index (χ2v) is 9.45. The average molecular weight is 403 g/mol. The van der Waals surface area contributed by atoms with E-state index in [1.165, 1.54) is 4.31 Å². The van der Waals surface area contributed by atoms with Crippen molar-refractivity contribution in [2.45, 2.75) is 44.4 Å². The van der Waals surface area contributed by atoms with E-state index in [-0.39, 0.29) is 11.8 Å². The van der Waals surface area contributed by atoms with Crippen LogP contribution in [0.5, 0.6) is 0 Å². The minimum atomic E-state index is -3.53. The molecule has 1 saturated heterocycles. The van der Waals surface area contributed by atoms with E-state index in [2.05, 4.69) is 13.8 Å². The second kappa shape index (κ2) is 9.05. The molecule has 0 unspecified atom stereocenters. The Labute approximate surface area is 168 Å². The van der Waals surface area contributed by atoms with Gasteiger partial charge in [0.15, 0.2) is 0 Å². The standard InChI is InChI=1S/C22H30N2O3S/c1-3-13-23(14-4-2)22(25)19-11-15-24(16-12-19)28(26,27)21-10-9-18-7-5-6-8-20(18)17-21/h5-10,17,19H,3-4,11-16H2,1-2H3. The third-order valence-electron chi connectivity index (χ3n) is 5.46. The first-order valence-corrected chi connectivity index (χ1v) is 11.7. The van der Waals surface area contributed by atoms with Crippen LogP contribution in [0.15, 0.2) is 47.4 Å². The summed E-state index contributed by atoms with van der Waals surface area (Å²) in [6, 6.07) is 13.0. The predicted octanol–water partition coefficient (Wildman–Crippen LogP) is 3.89. The van der Waals surface area contributed by atoms with Gasteiger partial charge in [-0.3, -0.25) is 4.79 Å². The van der Waals surface area contributed by atoms with Gasteiger partial charge in [0.25, 0.3) is 0 Å². The minimum Gasteiger partial charge on any atom is -0.342 e. The normalized spacial score (nSPS) is 16.4. The van der Waals surface area contributed by atoms with E-state index in [9.17, 15) is 13.2 Å². The quantitative estimate of drug-likeness (QED) is 0.706. The van der Waals surface area contributed by atoms with Crippen molar-refractivity contribution in [2.75, 3.05) is 26.2 Å². The first-order valence-electron chi connectivity index (χ1n) is 10.2. The molecule has 0 spiro atoms. The molecule has 1 amide bonds. The second-order valence-electron chi connectivity index (χ2n) is 7.51. The monoisotopic (exact) mass is 402 g/mol. The fraction of sp³-hybridized carbons (Fsp3) is 0.500. The third kappa shape index (κ3) is 4.39. The smallest absolute Gasteiger partial charge is 0.243 e. The van der Waals surface area contributed by atoms with E-state index >= 15 is 0 Å². The van der Waals surface area contributed by atoms with Crippen LogP contribution in [0.4, 0.5) is 0 Å². The molecule has 3 rings (SSSR count). The Morgan fingerprint density at radius 1 is 1.00 bits per heavy atom. The van der Waals surface area contributed by atoms with Crippen LogP contribution >= 0.6 is 0 Å². The van der Waals surface area contributed by atoms with Crippen molar-refractivity contribution in [3.63, 3.8) is 0 Å². The summed E-state index contributed by atoms with van der Waals surface area (Å²) < 4.78 is 27.7. The molecule has 0 atom stereocenters. The van der Waals surface area contributed by atoms with Crippen molar-refractivity contribution < 1.29 is 13.2 Å². The first-order chi connectivity index (χ1) is 13.5. The highest BCUT2D eigenvalue weighted by atomic mass is 32.2. The van der Waals surface area contributed by atoms with Crippen LogP contribution in [-0.4, -0.2) is 49.7 Å². The molecule has 2 aromatic carbocycles. The molecule has 28 heavy (non-hydrogen) atoms. The van der Waals surface area contributed by atoms with E-state index in [4.69, 9.17) is 0 Å². The highest BCUT2D eigenvalue weighted by Gasteiger charge is 2.33. The Hall–Kier alpha value is -1.92. The number of amides is 1. The lowest BCUT2D eigenvalue weighted by atomic mass is 9.96. The molecule has 1 aliphatic rings. The zero-order chi connectivity index (χ0) is 20.1. The molecule has 1 aliphatic heterocycles. The molecule has 152 valence electrons. The molecule has 2 aromatic rings. The van der Waals surface area contributed by atoms with Crippen molar-refractivity contribution in [1.29, 1.82) is 0 Å². The predicted molar refractivity (Wildman–Crippen MR) is 113 cm³/mol. The summed E-state index contributed by atoms with van der Waals surface area (Å²) in [5.74, 6) is 0.118. The number of nitrogens with zero attached hydrogens (tertiary/aromatic N) is 2. The number of rotatable bonds is 7.